The van der Waals surface area contributed by atoms with Gasteiger partial charge in [0, 0.05) is 44.1 Å². The first-order valence-electron chi connectivity index (χ1n) is 10.1. The molecular formula is C22H27ClN4O4. The summed E-state index contributed by atoms with van der Waals surface area (Å²) < 4.78 is 4.88. The van der Waals surface area contributed by atoms with Crippen molar-refractivity contribution in [1.82, 2.24) is 19.9 Å². The van der Waals surface area contributed by atoms with Gasteiger partial charge < -0.3 is 14.3 Å². The van der Waals surface area contributed by atoms with Gasteiger partial charge in [0.1, 0.15) is 12.0 Å². The van der Waals surface area contributed by atoms with E-state index in [1.165, 1.54) is 16.1 Å². The van der Waals surface area contributed by atoms with Crippen molar-refractivity contribution in [2.75, 3.05) is 34.2 Å². The summed E-state index contributed by atoms with van der Waals surface area (Å²) >= 11 is 6.45. The summed E-state index contributed by atoms with van der Waals surface area (Å²) in [7, 11) is 5.39. The topological polar surface area (TPSA) is 87.0 Å². The summed E-state index contributed by atoms with van der Waals surface area (Å²) in [5.41, 5.74) is -0.237. The summed E-state index contributed by atoms with van der Waals surface area (Å²) in [6, 6.07) is 8.24. The molecule has 166 valence electrons. The molecule has 0 N–H and O–H groups in total. The first kappa shape index (κ1) is 23.0. The molecule has 0 radical (unpaired) electrons. The minimum absolute atomic E-state index is 0.0963. The molecule has 1 aromatic carbocycles. The lowest BCUT2D eigenvalue weighted by Crippen LogP contribution is -2.44. The van der Waals surface area contributed by atoms with Gasteiger partial charge in [-0.05, 0) is 32.6 Å². The summed E-state index contributed by atoms with van der Waals surface area (Å²) in [6.07, 6.45) is 1.18. The Morgan fingerprint density at radius 2 is 1.97 bits per heavy atom. The van der Waals surface area contributed by atoms with Crippen LogP contribution in [0.1, 0.15) is 37.1 Å². The van der Waals surface area contributed by atoms with Gasteiger partial charge in [0.2, 0.25) is 17.7 Å². The molecule has 1 saturated heterocycles. The fourth-order valence-electron chi connectivity index (χ4n) is 3.85. The van der Waals surface area contributed by atoms with Crippen molar-refractivity contribution >= 4 is 29.3 Å². The van der Waals surface area contributed by atoms with Crippen LogP contribution in [0.3, 0.4) is 0 Å². The lowest BCUT2D eigenvalue weighted by molar-refractivity contribution is -0.143. The van der Waals surface area contributed by atoms with Crippen LogP contribution in [-0.2, 0) is 19.8 Å². The molecule has 1 aliphatic rings. The molecule has 2 atom stereocenters. The second-order valence-electron chi connectivity index (χ2n) is 8.17. The molecule has 2 aromatic rings. The van der Waals surface area contributed by atoms with E-state index >= 15 is 0 Å². The van der Waals surface area contributed by atoms with E-state index in [4.69, 9.17) is 16.1 Å². The average molecular weight is 447 g/mol. The predicted octanol–water partition coefficient (Wildman–Crippen LogP) is 2.50. The molecular weight excluding hydrogens is 420 g/mol. The van der Waals surface area contributed by atoms with Crippen LogP contribution in [0, 0.1) is 0 Å². The van der Waals surface area contributed by atoms with E-state index in [2.05, 4.69) is 5.16 Å². The minimum atomic E-state index is -1.34. The van der Waals surface area contributed by atoms with Gasteiger partial charge in [-0.2, -0.15) is 0 Å². The van der Waals surface area contributed by atoms with Crippen molar-refractivity contribution in [3.63, 3.8) is 0 Å². The molecule has 3 amide bonds. The van der Waals surface area contributed by atoms with E-state index in [1.807, 2.05) is 25.9 Å². The number of imide groups is 1. The largest absolute Gasteiger partial charge is 0.364 e. The Hall–Kier alpha value is -2.71. The van der Waals surface area contributed by atoms with E-state index in [-0.39, 0.29) is 43.1 Å². The predicted molar refractivity (Wildman–Crippen MR) is 115 cm³/mol. The van der Waals surface area contributed by atoms with Crippen molar-refractivity contribution in [2.45, 2.75) is 31.2 Å². The molecule has 31 heavy (non-hydrogen) atoms. The number of likely N-dealkylation sites (tertiary alicyclic amines) is 1. The van der Waals surface area contributed by atoms with Crippen LogP contribution in [0.5, 0.6) is 0 Å². The average Bonchev–Trinajstić information content (AvgIpc) is 3.34. The molecule has 0 bridgehead atoms. The number of nitrogens with zero attached hydrogens (tertiary/aromatic N) is 4. The Morgan fingerprint density at radius 3 is 2.58 bits per heavy atom. The zero-order valence-corrected chi connectivity index (χ0v) is 18.9. The Balaban J connectivity index is 1.95. The number of carbonyl (C=O) groups excluding carboxylic acids is 3. The van der Waals surface area contributed by atoms with Crippen molar-refractivity contribution in [2.24, 2.45) is 0 Å². The van der Waals surface area contributed by atoms with Crippen LogP contribution in [0.15, 0.2) is 41.1 Å². The van der Waals surface area contributed by atoms with Gasteiger partial charge in [-0.3, -0.25) is 19.3 Å². The smallest absolute Gasteiger partial charge is 0.240 e. The number of hydrogen-bond acceptors (Lipinski definition) is 6. The van der Waals surface area contributed by atoms with Gasteiger partial charge in [-0.15, -0.1) is 0 Å². The van der Waals surface area contributed by atoms with E-state index < -0.39 is 5.41 Å². The highest BCUT2D eigenvalue weighted by molar-refractivity contribution is 6.32. The van der Waals surface area contributed by atoms with Crippen molar-refractivity contribution in [3.05, 3.63) is 52.9 Å². The highest BCUT2D eigenvalue weighted by atomic mass is 35.5. The molecule has 0 spiro atoms. The number of amides is 3. The van der Waals surface area contributed by atoms with Crippen LogP contribution < -0.4 is 0 Å². The normalized spacial score (nSPS) is 19.9. The second kappa shape index (κ2) is 9.20. The van der Waals surface area contributed by atoms with E-state index in [9.17, 15) is 14.4 Å². The van der Waals surface area contributed by atoms with Gasteiger partial charge in [-0.25, -0.2) is 0 Å². The molecule has 0 saturated carbocycles. The van der Waals surface area contributed by atoms with Gasteiger partial charge in [0.25, 0.3) is 0 Å². The molecule has 8 nitrogen and oxygen atoms in total. The monoisotopic (exact) mass is 446 g/mol. The molecule has 1 aromatic heterocycles. The minimum Gasteiger partial charge on any atom is -0.364 e. The number of rotatable bonds is 8. The Kier molecular flexibility index (Phi) is 6.81. The van der Waals surface area contributed by atoms with Gasteiger partial charge in [0.15, 0.2) is 0 Å². The highest BCUT2D eigenvalue weighted by Gasteiger charge is 2.54. The van der Waals surface area contributed by atoms with Crippen molar-refractivity contribution in [3.8, 4) is 0 Å². The van der Waals surface area contributed by atoms with Gasteiger partial charge in [-0.1, -0.05) is 35.0 Å². The number of benzene rings is 1. The van der Waals surface area contributed by atoms with E-state index in [1.54, 1.807) is 37.4 Å². The number of aromatic nitrogens is 1. The summed E-state index contributed by atoms with van der Waals surface area (Å²) in [5.74, 6) is -0.971. The maximum absolute atomic E-state index is 13.6. The van der Waals surface area contributed by atoms with Crippen LogP contribution in [0.2, 0.25) is 5.02 Å². The Bertz CT molecular complexity index is 962. The SMILES string of the molecule is CC(c1ccon1)N(C)C(=O)CC1(c2ccccc2Cl)CC(=O)N(CCN(C)C)C1=O. The highest BCUT2D eigenvalue weighted by Crippen LogP contribution is 2.43. The number of hydrogen-bond donors (Lipinski definition) is 0. The molecule has 2 heterocycles. The molecule has 9 heteroatoms. The van der Waals surface area contributed by atoms with Gasteiger partial charge in [0.05, 0.1) is 11.5 Å². The molecule has 1 fully saturated rings. The zero-order chi connectivity index (χ0) is 22.8. The maximum atomic E-state index is 13.6. The van der Waals surface area contributed by atoms with E-state index in [0.29, 0.717) is 22.8 Å². The standard InChI is InChI=1S/C22H27ClN4O4/c1-15(18-9-12-31-24-18)26(4)19(28)13-22(16-7-5-6-8-17(16)23)14-20(29)27(21(22)30)11-10-25(2)3/h5-9,12,15H,10-11,13-14H2,1-4H3. The number of carbonyl (C=O) groups is 3. The van der Waals surface area contributed by atoms with Crippen LogP contribution >= 0.6 is 11.6 Å². The first-order chi connectivity index (χ1) is 14.7. The summed E-state index contributed by atoms with van der Waals surface area (Å²) in [4.78, 5) is 44.4. The van der Waals surface area contributed by atoms with E-state index in [0.717, 1.165) is 0 Å². The fourth-order valence-corrected chi connectivity index (χ4v) is 4.17. The summed E-state index contributed by atoms with van der Waals surface area (Å²) in [5, 5.41) is 4.26. The Morgan fingerprint density at radius 1 is 1.26 bits per heavy atom. The third kappa shape index (κ3) is 4.50. The van der Waals surface area contributed by atoms with Crippen LogP contribution in [0.4, 0.5) is 0 Å². The Labute approximate surface area is 186 Å². The third-order valence-electron chi connectivity index (χ3n) is 5.88. The lowest BCUT2D eigenvalue weighted by atomic mass is 9.75. The first-order valence-corrected chi connectivity index (χ1v) is 10.5. The third-order valence-corrected chi connectivity index (χ3v) is 6.21. The van der Waals surface area contributed by atoms with Crippen molar-refractivity contribution in [1.29, 1.82) is 0 Å². The quantitative estimate of drug-likeness (QED) is 0.579. The van der Waals surface area contributed by atoms with Crippen LogP contribution in [0.25, 0.3) is 0 Å². The molecule has 0 aliphatic carbocycles. The lowest BCUT2D eigenvalue weighted by Gasteiger charge is -2.31. The maximum Gasteiger partial charge on any atom is 0.240 e. The van der Waals surface area contributed by atoms with Crippen LogP contribution in [-0.4, -0.2) is 71.8 Å². The molecule has 3 rings (SSSR count). The zero-order valence-electron chi connectivity index (χ0n) is 18.2. The number of likely N-dealkylation sites (N-methyl/N-ethyl adjacent to an activating group) is 1. The van der Waals surface area contributed by atoms with Gasteiger partial charge >= 0.3 is 0 Å². The number of halogens is 1. The molecule has 1 aliphatic heterocycles. The molecule has 2 unspecified atom stereocenters. The van der Waals surface area contributed by atoms with Crippen molar-refractivity contribution < 1.29 is 18.9 Å². The second-order valence-corrected chi connectivity index (χ2v) is 8.58. The summed E-state index contributed by atoms with van der Waals surface area (Å²) in [6.45, 7) is 2.62. The fraction of sp³-hybridized carbons (Fsp3) is 0.455.